The maximum Gasteiger partial charge on any atom is 0.252 e. The number of carbonyl (C=O) groups excluding carboxylic acids is 2. The average molecular weight is 555 g/mol. The van der Waals surface area contributed by atoms with Crippen molar-refractivity contribution in [3.8, 4) is 11.1 Å². The van der Waals surface area contributed by atoms with E-state index in [2.05, 4.69) is 54.6 Å². The summed E-state index contributed by atoms with van der Waals surface area (Å²) in [4.78, 5) is 27.7. The van der Waals surface area contributed by atoms with Crippen molar-refractivity contribution in [2.24, 2.45) is 5.92 Å². The minimum absolute atomic E-state index is 0.182. The van der Waals surface area contributed by atoms with Crippen LogP contribution in [0.15, 0.2) is 42.5 Å². The van der Waals surface area contributed by atoms with Crippen molar-refractivity contribution in [3.05, 3.63) is 59.2 Å². The molecule has 4 nitrogen and oxygen atoms in total. The van der Waals surface area contributed by atoms with Crippen molar-refractivity contribution in [1.82, 2.24) is 10.2 Å². The summed E-state index contributed by atoms with van der Waals surface area (Å²) in [6.45, 7) is 6.42. The Morgan fingerprint density at radius 1 is 1.08 bits per heavy atom. The predicted molar refractivity (Wildman–Crippen MR) is 166 cm³/mol. The first-order valence-electron chi connectivity index (χ1n) is 14.1. The number of nitrogens with zero attached hydrogens (tertiary/aromatic N) is 1. The van der Waals surface area contributed by atoms with Gasteiger partial charge in [0.15, 0.2) is 0 Å². The first kappa shape index (κ1) is 30.8. The van der Waals surface area contributed by atoms with Crippen LogP contribution >= 0.6 is 23.5 Å². The first-order chi connectivity index (χ1) is 18.5. The van der Waals surface area contributed by atoms with Crippen molar-refractivity contribution in [2.45, 2.75) is 77.4 Å². The van der Waals surface area contributed by atoms with E-state index in [1.165, 1.54) is 44.1 Å². The van der Waals surface area contributed by atoms with Crippen molar-refractivity contribution in [3.63, 3.8) is 0 Å². The summed E-state index contributed by atoms with van der Waals surface area (Å²) in [5.74, 6) is 2.62. The molecule has 0 bridgehead atoms. The molecule has 1 aliphatic rings. The zero-order valence-electron chi connectivity index (χ0n) is 23.7. The van der Waals surface area contributed by atoms with Gasteiger partial charge >= 0.3 is 0 Å². The van der Waals surface area contributed by atoms with E-state index < -0.39 is 6.04 Å². The molecule has 6 heteroatoms. The Hall–Kier alpha value is -1.76. The molecular formula is C32H46N2O2S2. The molecule has 1 aliphatic carbocycles. The van der Waals surface area contributed by atoms with Crippen molar-refractivity contribution >= 4 is 35.7 Å². The molecular weight excluding hydrogens is 508 g/mol. The quantitative estimate of drug-likeness (QED) is 0.235. The standard InChI is InChI=1S/C32H46N2O2S2/c1-24-10-8-9-13-29(24)31-20-27(14-15-30(31)32(36)33-28(22-35)17-19-37-3)21-34(25(2)23-38-4)18-16-26-11-6-5-7-12-26/h8-10,13-15,20,22,25-26,28H,5-7,11-12,16-19,21,23H2,1-4H3,(H,33,36)/t25-,28-/m0/s1. The summed E-state index contributed by atoms with van der Waals surface area (Å²) in [6.07, 6.45) is 13.9. The maximum atomic E-state index is 13.4. The number of amides is 1. The Bertz CT molecular complexity index is 1020. The van der Waals surface area contributed by atoms with Crippen LogP contribution in [0.25, 0.3) is 11.1 Å². The van der Waals surface area contributed by atoms with E-state index in [-0.39, 0.29) is 5.91 Å². The molecule has 0 saturated heterocycles. The van der Waals surface area contributed by atoms with Gasteiger partial charge in [-0.2, -0.15) is 23.5 Å². The second kappa shape index (κ2) is 16.4. The molecule has 0 aromatic heterocycles. The molecule has 3 rings (SSSR count). The molecule has 38 heavy (non-hydrogen) atoms. The number of aldehydes is 1. The summed E-state index contributed by atoms with van der Waals surface area (Å²) in [6, 6.07) is 14.5. The third kappa shape index (κ3) is 9.17. The smallest absolute Gasteiger partial charge is 0.252 e. The fourth-order valence-corrected chi connectivity index (χ4v) is 6.69. The molecule has 1 fully saturated rings. The Morgan fingerprint density at radius 2 is 1.84 bits per heavy atom. The molecule has 208 valence electrons. The molecule has 0 radical (unpaired) electrons. The van der Waals surface area contributed by atoms with Crippen LogP contribution in [0.1, 0.15) is 73.4 Å². The predicted octanol–water partition coefficient (Wildman–Crippen LogP) is 7.24. The Morgan fingerprint density at radius 3 is 2.53 bits per heavy atom. The molecule has 2 atom stereocenters. The molecule has 1 amide bonds. The SMILES string of the molecule is CSCC[C@@H](C=O)NC(=O)c1ccc(CN(CCC2CCCCC2)[C@@H](C)CSC)cc1-c1ccccc1C. The summed E-state index contributed by atoms with van der Waals surface area (Å²) in [7, 11) is 0. The lowest BCUT2D eigenvalue weighted by Gasteiger charge is -2.31. The zero-order valence-corrected chi connectivity index (χ0v) is 25.3. The third-order valence-electron chi connectivity index (χ3n) is 7.84. The lowest BCUT2D eigenvalue weighted by Crippen LogP contribution is -2.37. The maximum absolute atomic E-state index is 13.4. The van der Waals surface area contributed by atoms with Crippen LogP contribution in [0, 0.1) is 12.8 Å². The fourth-order valence-electron chi connectivity index (χ4n) is 5.51. The van der Waals surface area contributed by atoms with Crippen LogP contribution in [0.2, 0.25) is 0 Å². The van der Waals surface area contributed by atoms with E-state index in [9.17, 15) is 9.59 Å². The van der Waals surface area contributed by atoms with Crippen LogP contribution in [-0.2, 0) is 11.3 Å². The van der Waals surface area contributed by atoms with Crippen LogP contribution in [-0.4, -0.2) is 59.7 Å². The van der Waals surface area contributed by atoms with Gasteiger partial charge in [-0.05, 0) is 91.8 Å². The van der Waals surface area contributed by atoms with Gasteiger partial charge in [-0.3, -0.25) is 9.69 Å². The molecule has 2 aromatic rings. The summed E-state index contributed by atoms with van der Waals surface area (Å²) >= 11 is 3.59. The highest BCUT2D eigenvalue weighted by molar-refractivity contribution is 7.98. The monoisotopic (exact) mass is 554 g/mol. The molecule has 1 saturated carbocycles. The Balaban J connectivity index is 1.87. The van der Waals surface area contributed by atoms with E-state index in [0.29, 0.717) is 18.0 Å². The highest BCUT2D eigenvalue weighted by Gasteiger charge is 2.21. The fraction of sp³-hybridized carbons (Fsp3) is 0.562. The highest BCUT2D eigenvalue weighted by atomic mass is 32.2. The molecule has 0 spiro atoms. The number of carbonyl (C=O) groups is 2. The van der Waals surface area contributed by atoms with E-state index in [4.69, 9.17) is 0 Å². The van der Waals surface area contributed by atoms with Gasteiger partial charge in [-0.15, -0.1) is 0 Å². The largest absolute Gasteiger partial charge is 0.342 e. The second-order valence-corrected chi connectivity index (χ2v) is 12.7. The molecule has 0 heterocycles. The third-order valence-corrected chi connectivity index (χ3v) is 9.30. The minimum atomic E-state index is -0.470. The van der Waals surface area contributed by atoms with Gasteiger partial charge in [0.2, 0.25) is 0 Å². The normalized spacial score (nSPS) is 15.8. The lowest BCUT2D eigenvalue weighted by atomic mass is 9.87. The van der Waals surface area contributed by atoms with Gasteiger partial charge in [0.1, 0.15) is 6.29 Å². The van der Waals surface area contributed by atoms with Gasteiger partial charge in [0.05, 0.1) is 6.04 Å². The van der Waals surface area contributed by atoms with E-state index in [1.54, 1.807) is 11.8 Å². The number of thioether (sulfide) groups is 2. The Kier molecular flexibility index (Phi) is 13.3. The van der Waals surface area contributed by atoms with Crippen LogP contribution in [0.3, 0.4) is 0 Å². The summed E-state index contributed by atoms with van der Waals surface area (Å²) in [5.41, 5.74) is 5.00. The summed E-state index contributed by atoms with van der Waals surface area (Å²) in [5, 5.41) is 2.97. The van der Waals surface area contributed by atoms with Gasteiger partial charge in [0.25, 0.3) is 5.91 Å². The van der Waals surface area contributed by atoms with E-state index >= 15 is 0 Å². The number of aryl methyl sites for hydroxylation is 1. The van der Waals surface area contributed by atoms with Gasteiger partial charge in [-0.1, -0.05) is 62.4 Å². The van der Waals surface area contributed by atoms with Gasteiger partial charge in [-0.25, -0.2) is 0 Å². The zero-order chi connectivity index (χ0) is 27.3. The minimum Gasteiger partial charge on any atom is -0.342 e. The number of hydrogen-bond acceptors (Lipinski definition) is 5. The van der Waals surface area contributed by atoms with Gasteiger partial charge < -0.3 is 10.1 Å². The topological polar surface area (TPSA) is 49.4 Å². The van der Waals surface area contributed by atoms with Crippen molar-refractivity contribution < 1.29 is 9.59 Å². The van der Waals surface area contributed by atoms with Crippen molar-refractivity contribution in [2.75, 3.05) is 30.6 Å². The highest BCUT2D eigenvalue weighted by Crippen LogP contribution is 2.30. The first-order valence-corrected chi connectivity index (χ1v) is 16.9. The van der Waals surface area contributed by atoms with E-state index in [1.807, 2.05) is 36.2 Å². The molecule has 0 unspecified atom stereocenters. The Labute approximate surface area is 239 Å². The molecule has 2 aromatic carbocycles. The molecule has 0 aliphatic heterocycles. The average Bonchev–Trinajstić information content (AvgIpc) is 2.94. The van der Waals surface area contributed by atoms with Crippen LogP contribution in [0.4, 0.5) is 0 Å². The number of rotatable bonds is 15. The van der Waals surface area contributed by atoms with E-state index in [0.717, 1.165) is 53.5 Å². The number of benzene rings is 2. The second-order valence-electron chi connectivity index (χ2n) is 10.8. The van der Waals surface area contributed by atoms with Crippen LogP contribution < -0.4 is 5.32 Å². The molecule has 1 N–H and O–H groups in total. The van der Waals surface area contributed by atoms with Crippen LogP contribution in [0.5, 0.6) is 0 Å². The van der Waals surface area contributed by atoms with Crippen molar-refractivity contribution in [1.29, 1.82) is 0 Å². The number of hydrogen-bond donors (Lipinski definition) is 1. The number of nitrogens with one attached hydrogen (secondary N) is 1. The van der Waals surface area contributed by atoms with Gasteiger partial charge in [0, 0.05) is 23.9 Å². The lowest BCUT2D eigenvalue weighted by molar-refractivity contribution is -0.109. The summed E-state index contributed by atoms with van der Waals surface area (Å²) < 4.78 is 0.